The number of nitrogens with zero attached hydrogens (tertiary/aromatic N) is 2. The molecule has 2 atom stereocenters. The van der Waals surface area contributed by atoms with Gasteiger partial charge in [-0.1, -0.05) is 20.8 Å². The van der Waals surface area contributed by atoms with E-state index in [-0.39, 0.29) is 24.2 Å². The van der Waals surface area contributed by atoms with Gasteiger partial charge in [0.15, 0.2) is 0 Å². The van der Waals surface area contributed by atoms with Crippen LogP contribution in [0.1, 0.15) is 50.9 Å². The molecule has 1 fully saturated rings. The smallest absolute Gasteiger partial charge is 0.0726 e. The van der Waals surface area contributed by atoms with E-state index in [4.69, 9.17) is 4.74 Å². The Kier molecular flexibility index (Phi) is 4.83. The molecule has 0 aromatic carbocycles. The first-order valence-corrected chi connectivity index (χ1v) is 7.41. The van der Waals surface area contributed by atoms with Crippen molar-refractivity contribution in [2.45, 2.75) is 51.2 Å². The first-order valence-electron chi connectivity index (χ1n) is 7.41. The van der Waals surface area contributed by atoms with Crippen molar-refractivity contribution in [2.75, 3.05) is 19.8 Å². The molecule has 1 aliphatic heterocycles. The molecule has 2 N–H and O–H groups in total. The molecular weight excluding hydrogens is 254 g/mol. The maximum absolute atomic E-state index is 9.71. The van der Waals surface area contributed by atoms with Gasteiger partial charge in [0, 0.05) is 37.4 Å². The van der Waals surface area contributed by atoms with Crippen LogP contribution in [-0.2, 0) is 17.2 Å². The molecule has 1 saturated heterocycles. The summed E-state index contributed by atoms with van der Waals surface area (Å²) in [4.78, 5) is 0. The van der Waals surface area contributed by atoms with Crippen molar-refractivity contribution < 1.29 is 9.84 Å². The lowest BCUT2D eigenvalue weighted by Gasteiger charge is -2.23. The van der Waals surface area contributed by atoms with Crippen LogP contribution in [0.4, 0.5) is 0 Å². The molecule has 0 radical (unpaired) electrons. The molecule has 0 amide bonds. The summed E-state index contributed by atoms with van der Waals surface area (Å²) in [6, 6.07) is -0.0814. The second kappa shape index (κ2) is 6.24. The summed E-state index contributed by atoms with van der Waals surface area (Å²) in [5, 5.41) is 17.7. The van der Waals surface area contributed by atoms with Crippen molar-refractivity contribution in [3.63, 3.8) is 0 Å². The van der Waals surface area contributed by atoms with Gasteiger partial charge in [-0.3, -0.25) is 4.68 Å². The Hall–Kier alpha value is -0.910. The van der Waals surface area contributed by atoms with E-state index in [0.717, 1.165) is 37.3 Å². The van der Waals surface area contributed by atoms with Crippen LogP contribution in [0.3, 0.4) is 0 Å². The fraction of sp³-hybridized carbons (Fsp3) is 0.800. The first-order chi connectivity index (χ1) is 9.41. The molecule has 5 heteroatoms. The number of hydrogen-bond acceptors (Lipinski definition) is 4. The lowest BCUT2D eigenvalue weighted by molar-refractivity contribution is 0.104. The van der Waals surface area contributed by atoms with Gasteiger partial charge in [0.2, 0.25) is 0 Å². The van der Waals surface area contributed by atoms with Gasteiger partial charge < -0.3 is 15.2 Å². The second-order valence-corrected chi connectivity index (χ2v) is 6.64. The number of aromatic nitrogens is 2. The van der Waals surface area contributed by atoms with Gasteiger partial charge in [-0.25, -0.2) is 0 Å². The van der Waals surface area contributed by atoms with E-state index in [1.54, 1.807) is 0 Å². The Morgan fingerprint density at radius 3 is 2.85 bits per heavy atom. The van der Waals surface area contributed by atoms with E-state index in [2.05, 4.69) is 31.2 Å². The summed E-state index contributed by atoms with van der Waals surface area (Å²) < 4.78 is 7.45. The van der Waals surface area contributed by atoms with Gasteiger partial charge in [-0.15, -0.1) is 0 Å². The zero-order chi connectivity index (χ0) is 14.8. The molecule has 114 valence electrons. The summed E-state index contributed by atoms with van der Waals surface area (Å²) >= 11 is 0. The molecule has 2 unspecified atom stereocenters. The fourth-order valence-electron chi connectivity index (χ4n) is 2.70. The second-order valence-electron chi connectivity index (χ2n) is 6.64. The maximum atomic E-state index is 9.71. The molecule has 0 spiro atoms. The minimum absolute atomic E-state index is 0.0322. The van der Waals surface area contributed by atoms with Crippen molar-refractivity contribution in [1.82, 2.24) is 15.1 Å². The standard InChI is InChI=1S/C15H27N3O2/c1-15(2,3)14-12(9-18(4)17-14)13(10-19)16-8-11-6-5-7-20-11/h9,11,13,16,19H,5-8,10H2,1-4H3. The number of nitrogens with one attached hydrogen (secondary N) is 1. The van der Waals surface area contributed by atoms with E-state index in [1.807, 2.05) is 17.9 Å². The molecule has 5 nitrogen and oxygen atoms in total. The van der Waals surface area contributed by atoms with E-state index in [9.17, 15) is 5.11 Å². The molecule has 0 aliphatic carbocycles. The highest BCUT2D eigenvalue weighted by molar-refractivity contribution is 5.27. The SMILES string of the molecule is Cn1cc(C(CO)NCC2CCCO2)c(C(C)(C)C)n1. The molecule has 1 aliphatic rings. The zero-order valence-electron chi connectivity index (χ0n) is 13.0. The minimum Gasteiger partial charge on any atom is -0.394 e. The average molecular weight is 281 g/mol. The van der Waals surface area contributed by atoms with Crippen molar-refractivity contribution in [3.05, 3.63) is 17.5 Å². The highest BCUT2D eigenvalue weighted by Gasteiger charge is 2.27. The Balaban J connectivity index is 2.10. The topological polar surface area (TPSA) is 59.3 Å². The summed E-state index contributed by atoms with van der Waals surface area (Å²) in [5.74, 6) is 0. The maximum Gasteiger partial charge on any atom is 0.0726 e. The van der Waals surface area contributed by atoms with E-state index < -0.39 is 0 Å². The Morgan fingerprint density at radius 1 is 1.55 bits per heavy atom. The average Bonchev–Trinajstić information content (AvgIpc) is 2.99. The van der Waals surface area contributed by atoms with Crippen LogP contribution in [0.2, 0.25) is 0 Å². The highest BCUT2D eigenvalue weighted by Crippen LogP contribution is 2.28. The fourth-order valence-corrected chi connectivity index (χ4v) is 2.70. The Labute approximate surface area is 121 Å². The molecule has 2 rings (SSSR count). The summed E-state index contributed by atoms with van der Waals surface area (Å²) in [5.41, 5.74) is 2.09. The quantitative estimate of drug-likeness (QED) is 0.859. The number of aliphatic hydroxyl groups is 1. The van der Waals surface area contributed by atoms with Crippen molar-refractivity contribution in [3.8, 4) is 0 Å². The van der Waals surface area contributed by atoms with Gasteiger partial charge in [-0.05, 0) is 12.8 Å². The van der Waals surface area contributed by atoms with Crippen LogP contribution in [0.15, 0.2) is 6.20 Å². The Morgan fingerprint density at radius 2 is 2.30 bits per heavy atom. The number of aliphatic hydroxyl groups excluding tert-OH is 1. The third-order valence-electron chi connectivity index (χ3n) is 3.74. The summed E-state index contributed by atoms with van der Waals surface area (Å²) in [7, 11) is 1.92. The van der Waals surface area contributed by atoms with Crippen molar-refractivity contribution in [1.29, 1.82) is 0 Å². The third-order valence-corrected chi connectivity index (χ3v) is 3.74. The lowest BCUT2D eigenvalue weighted by Crippen LogP contribution is -2.33. The van der Waals surface area contributed by atoms with Crippen LogP contribution in [-0.4, -0.2) is 40.7 Å². The van der Waals surface area contributed by atoms with Crippen molar-refractivity contribution >= 4 is 0 Å². The molecule has 20 heavy (non-hydrogen) atoms. The van der Waals surface area contributed by atoms with E-state index in [0.29, 0.717) is 0 Å². The van der Waals surface area contributed by atoms with Crippen LogP contribution in [0.25, 0.3) is 0 Å². The van der Waals surface area contributed by atoms with Gasteiger partial charge in [0.1, 0.15) is 0 Å². The van der Waals surface area contributed by atoms with Crippen LogP contribution >= 0.6 is 0 Å². The van der Waals surface area contributed by atoms with Crippen LogP contribution in [0.5, 0.6) is 0 Å². The van der Waals surface area contributed by atoms with E-state index in [1.165, 1.54) is 0 Å². The molecule has 2 heterocycles. The van der Waals surface area contributed by atoms with Crippen LogP contribution < -0.4 is 5.32 Å². The highest BCUT2D eigenvalue weighted by atomic mass is 16.5. The summed E-state index contributed by atoms with van der Waals surface area (Å²) in [6.45, 7) is 8.15. The van der Waals surface area contributed by atoms with Gasteiger partial charge in [-0.2, -0.15) is 5.10 Å². The first kappa shape index (κ1) is 15.5. The zero-order valence-corrected chi connectivity index (χ0v) is 13.0. The number of hydrogen-bond donors (Lipinski definition) is 2. The van der Waals surface area contributed by atoms with E-state index >= 15 is 0 Å². The molecule has 1 aromatic heterocycles. The molecule has 1 aromatic rings. The normalized spacial score (nSPS) is 21.4. The third kappa shape index (κ3) is 3.59. The number of aryl methyl sites for hydroxylation is 1. The monoisotopic (exact) mass is 281 g/mol. The summed E-state index contributed by atoms with van der Waals surface area (Å²) in [6.07, 6.45) is 4.52. The largest absolute Gasteiger partial charge is 0.394 e. The van der Waals surface area contributed by atoms with Gasteiger partial charge >= 0.3 is 0 Å². The Bertz CT molecular complexity index is 431. The lowest BCUT2D eigenvalue weighted by atomic mass is 9.87. The van der Waals surface area contributed by atoms with Gasteiger partial charge in [0.25, 0.3) is 0 Å². The van der Waals surface area contributed by atoms with Crippen molar-refractivity contribution in [2.24, 2.45) is 7.05 Å². The number of rotatable bonds is 5. The predicted molar refractivity (Wildman–Crippen MR) is 78.7 cm³/mol. The number of ether oxygens (including phenoxy) is 1. The molecule has 0 saturated carbocycles. The van der Waals surface area contributed by atoms with Gasteiger partial charge in [0.05, 0.1) is 24.4 Å². The minimum atomic E-state index is -0.0814. The predicted octanol–water partition coefficient (Wildman–Crippen LogP) is 1.52. The molecular formula is C15H27N3O2. The van der Waals surface area contributed by atoms with Crippen LogP contribution in [0, 0.1) is 0 Å². The molecule has 0 bridgehead atoms.